The molecule has 1 amide bonds. The smallest absolute Gasteiger partial charge is 0.326 e. The number of hydrogen-bond acceptors (Lipinski definition) is 7. The second-order valence-electron chi connectivity index (χ2n) is 7.50. The Morgan fingerprint density at radius 2 is 2.14 bits per heavy atom. The molecule has 0 saturated carbocycles. The summed E-state index contributed by atoms with van der Waals surface area (Å²) in [6.45, 7) is 6.58. The van der Waals surface area contributed by atoms with Crippen LogP contribution in [0.1, 0.15) is 47.7 Å². The average molecular weight is 404 g/mol. The fourth-order valence-corrected chi connectivity index (χ4v) is 4.41. The quantitative estimate of drug-likeness (QED) is 0.553. The number of thiophene rings is 1. The van der Waals surface area contributed by atoms with Crippen LogP contribution in [0.2, 0.25) is 0 Å². The van der Waals surface area contributed by atoms with Crippen LogP contribution in [0.4, 0.5) is 0 Å². The largest absolute Gasteiger partial charge is 0.480 e. The summed E-state index contributed by atoms with van der Waals surface area (Å²) < 4.78 is 0. The Balaban J connectivity index is 1.70. The van der Waals surface area contributed by atoms with Crippen LogP contribution in [0.25, 0.3) is 0 Å². The van der Waals surface area contributed by atoms with E-state index >= 15 is 0 Å². The molecule has 0 aromatic carbocycles. The van der Waals surface area contributed by atoms with Crippen LogP contribution in [0.5, 0.6) is 0 Å². The molecule has 5 N–H and O–H groups in total. The number of aliphatic carboxylic acids is 1. The summed E-state index contributed by atoms with van der Waals surface area (Å²) in [4.78, 5) is 34.1. The van der Waals surface area contributed by atoms with Gasteiger partial charge in [0.05, 0.1) is 4.88 Å². The lowest BCUT2D eigenvalue weighted by Gasteiger charge is -2.21. The van der Waals surface area contributed by atoms with Gasteiger partial charge in [-0.1, -0.05) is 20.8 Å². The number of guanidine groups is 1. The van der Waals surface area contributed by atoms with E-state index in [-0.39, 0.29) is 23.7 Å². The van der Waals surface area contributed by atoms with E-state index in [1.165, 1.54) is 11.3 Å². The van der Waals surface area contributed by atoms with Crippen molar-refractivity contribution < 1.29 is 14.7 Å². The lowest BCUT2D eigenvalue weighted by molar-refractivity contribution is -0.139. The summed E-state index contributed by atoms with van der Waals surface area (Å²) in [6.07, 6.45) is 2.14. The number of carbonyl (C=O) groups is 2. The average Bonchev–Trinajstić information content (AvgIpc) is 3.27. The van der Waals surface area contributed by atoms with Gasteiger partial charge in [-0.3, -0.25) is 9.79 Å². The van der Waals surface area contributed by atoms with Crippen LogP contribution in [-0.2, 0) is 4.79 Å². The zero-order chi connectivity index (χ0) is 20.4. The highest BCUT2D eigenvalue weighted by molar-refractivity contribution is 7.14. The number of nitrogens with zero attached hydrogens (tertiary/aromatic N) is 2. The topological polar surface area (TPSA) is 129 Å². The molecule has 1 aromatic rings. The van der Waals surface area contributed by atoms with Gasteiger partial charge in [0.1, 0.15) is 11.9 Å². The lowest BCUT2D eigenvalue weighted by atomic mass is 9.87. The van der Waals surface area contributed by atoms with Crippen LogP contribution in [-0.4, -0.2) is 41.4 Å². The number of carboxylic acid groups (broad SMARTS) is 1. The van der Waals surface area contributed by atoms with Crippen LogP contribution < -0.4 is 16.4 Å². The first-order valence-corrected chi connectivity index (χ1v) is 10.1. The van der Waals surface area contributed by atoms with E-state index in [2.05, 4.69) is 27.5 Å². The number of nitrogens with one attached hydrogen (secondary N) is 2. The highest BCUT2D eigenvalue weighted by Gasteiger charge is 2.33. The van der Waals surface area contributed by atoms with E-state index < -0.39 is 12.0 Å². The summed E-state index contributed by atoms with van der Waals surface area (Å²) in [5.41, 5.74) is 6.70. The van der Waals surface area contributed by atoms with Crippen molar-refractivity contribution in [2.24, 2.45) is 27.6 Å². The van der Waals surface area contributed by atoms with Crippen molar-refractivity contribution in [2.45, 2.75) is 39.2 Å². The van der Waals surface area contributed by atoms with Crippen molar-refractivity contribution in [3.8, 4) is 0 Å². The Bertz CT molecular complexity index is 871. The third kappa shape index (κ3) is 4.24. The van der Waals surface area contributed by atoms with Gasteiger partial charge in [-0.25, -0.2) is 9.79 Å². The molecule has 0 radical (unpaired) electrons. The molecule has 2 aliphatic heterocycles. The molecule has 3 rings (SSSR count). The monoisotopic (exact) mass is 403 g/mol. The van der Waals surface area contributed by atoms with Gasteiger partial charge in [-0.15, -0.1) is 11.3 Å². The number of carbonyl (C=O) groups excluding carboxylic acids is 1. The van der Waals surface area contributed by atoms with Crippen LogP contribution >= 0.6 is 11.3 Å². The van der Waals surface area contributed by atoms with Crippen molar-refractivity contribution in [1.82, 2.24) is 10.6 Å². The van der Waals surface area contributed by atoms with Gasteiger partial charge in [0.2, 0.25) is 0 Å². The van der Waals surface area contributed by atoms with Crippen molar-refractivity contribution in [1.29, 1.82) is 0 Å². The first-order chi connectivity index (χ1) is 13.3. The standard InChI is InChI=1S/C19H25N5O3S/c1-9(2)6-13(18(26)27)23-17(25)15-5-4-14(28-15)10(3)11-7-21-16-12(11)8-22-19(20)24-16/h4-5,8-11,13H,6-7H2,1-3H3,(H,23,25)(H,26,27)(H3,20,21,22,24)/t10?,11?,13-/m0/s1. The van der Waals surface area contributed by atoms with Crippen LogP contribution in [0, 0.1) is 11.8 Å². The molecule has 150 valence electrons. The molecular formula is C19H25N5O3S. The van der Waals surface area contributed by atoms with E-state index in [9.17, 15) is 14.7 Å². The molecule has 0 spiro atoms. The molecule has 0 aliphatic carbocycles. The summed E-state index contributed by atoms with van der Waals surface area (Å²) >= 11 is 1.38. The number of fused-ring (bicyclic) bond motifs is 1. The number of aliphatic imine (C=N–C) groups is 2. The van der Waals surface area contributed by atoms with E-state index in [0.717, 1.165) is 16.3 Å². The lowest BCUT2D eigenvalue weighted by Crippen LogP contribution is -2.41. The first kappa shape index (κ1) is 20.1. The molecule has 0 saturated heterocycles. The highest BCUT2D eigenvalue weighted by Crippen LogP contribution is 2.37. The van der Waals surface area contributed by atoms with E-state index in [1.807, 2.05) is 19.9 Å². The fraction of sp³-hybridized carbons (Fsp3) is 0.474. The summed E-state index contributed by atoms with van der Waals surface area (Å²) in [5.74, 6) is 0.196. The Hall–Kier alpha value is -2.68. The van der Waals surface area contributed by atoms with Crippen molar-refractivity contribution in [3.05, 3.63) is 33.7 Å². The highest BCUT2D eigenvalue weighted by atomic mass is 32.1. The maximum atomic E-state index is 12.5. The van der Waals surface area contributed by atoms with Gasteiger partial charge in [0, 0.05) is 29.1 Å². The van der Waals surface area contributed by atoms with Gasteiger partial charge in [0.25, 0.3) is 5.91 Å². The van der Waals surface area contributed by atoms with Crippen LogP contribution in [0.15, 0.2) is 33.9 Å². The number of nitrogens with two attached hydrogens (primary N) is 1. The Morgan fingerprint density at radius 1 is 1.39 bits per heavy atom. The SMILES string of the molecule is CC(C)C[C@H](NC(=O)c1ccc(C(C)C2CN=C3NC(N)=NC=C32)s1)C(=O)O. The molecule has 8 nitrogen and oxygen atoms in total. The minimum absolute atomic E-state index is 0.140. The minimum atomic E-state index is -1.01. The Kier molecular flexibility index (Phi) is 5.83. The molecule has 28 heavy (non-hydrogen) atoms. The van der Waals surface area contributed by atoms with Crippen LogP contribution in [0.3, 0.4) is 0 Å². The molecular weight excluding hydrogens is 378 g/mol. The minimum Gasteiger partial charge on any atom is -0.480 e. The molecule has 2 unspecified atom stereocenters. The number of rotatable bonds is 7. The van der Waals surface area contributed by atoms with E-state index in [4.69, 9.17) is 5.73 Å². The summed E-state index contributed by atoms with van der Waals surface area (Å²) in [5, 5.41) is 14.9. The second kappa shape index (κ2) is 8.14. The zero-order valence-corrected chi connectivity index (χ0v) is 16.9. The predicted molar refractivity (Wildman–Crippen MR) is 110 cm³/mol. The third-order valence-electron chi connectivity index (χ3n) is 4.92. The van der Waals surface area contributed by atoms with Gasteiger partial charge in [-0.05, 0) is 30.4 Å². The molecule has 0 fully saturated rings. The second-order valence-corrected chi connectivity index (χ2v) is 8.62. The number of hydrogen-bond donors (Lipinski definition) is 4. The third-order valence-corrected chi connectivity index (χ3v) is 6.21. The number of carboxylic acids is 1. The normalized spacial score (nSPS) is 20.4. The maximum Gasteiger partial charge on any atom is 0.326 e. The summed E-state index contributed by atoms with van der Waals surface area (Å²) in [7, 11) is 0. The van der Waals surface area contributed by atoms with E-state index in [0.29, 0.717) is 23.8 Å². The molecule has 2 aliphatic rings. The maximum absolute atomic E-state index is 12.5. The molecule has 1 aromatic heterocycles. The van der Waals surface area contributed by atoms with Gasteiger partial charge in [0.15, 0.2) is 5.96 Å². The van der Waals surface area contributed by atoms with Gasteiger partial charge in [-0.2, -0.15) is 0 Å². The molecule has 0 bridgehead atoms. The first-order valence-electron chi connectivity index (χ1n) is 9.24. The predicted octanol–water partition coefficient (Wildman–Crippen LogP) is 1.91. The molecule has 3 heterocycles. The van der Waals surface area contributed by atoms with E-state index in [1.54, 1.807) is 12.3 Å². The molecule has 9 heteroatoms. The van der Waals surface area contributed by atoms with Crippen molar-refractivity contribution in [2.75, 3.05) is 6.54 Å². The molecule has 3 atom stereocenters. The number of amides is 1. The zero-order valence-electron chi connectivity index (χ0n) is 16.1. The van der Waals surface area contributed by atoms with Crippen molar-refractivity contribution >= 4 is 35.0 Å². The number of amidine groups is 1. The van der Waals surface area contributed by atoms with Gasteiger partial charge < -0.3 is 21.5 Å². The van der Waals surface area contributed by atoms with Gasteiger partial charge >= 0.3 is 5.97 Å². The summed E-state index contributed by atoms with van der Waals surface area (Å²) in [6, 6.07) is 2.79. The Morgan fingerprint density at radius 3 is 2.82 bits per heavy atom. The van der Waals surface area contributed by atoms with Crippen molar-refractivity contribution in [3.63, 3.8) is 0 Å². The fourth-order valence-electron chi connectivity index (χ4n) is 3.38. The Labute approximate surface area is 167 Å².